The second-order valence-corrected chi connectivity index (χ2v) is 5.60. The predicted molar refractivity (Wildman–Crippen MR) is 67.0 cm³/mol. The highest BCUT2D eigenvalue weighted by atomic mass is 79.9. The van der Waals surface area contributed by atoms with E-state index in [1.807, 2.05) is 12.1 Å². The molecule has 0 radical (unpaired) electrons. The van der Waals surface area contributed by atoms with Gasteiger partial charge in [0.1, 0.15) is 0 Å². The number of rotatable bonds is 1. The van der Waals surface area contributed by atoms with E-state index in [9.17, 15) is 0 Å². The number of nitrogen functional groups attached to an aromatic ring is 1. The van der Waals surface area contributed by atoms with Gasteiger partial charge in [-0.3, -0.25) is 0 Å². The third kappa shape index (κ3) is 1.53. The first kappa shape index (κ1) is 9.52. The summed E-state index contributed by atoms with van der Waals surface area (Å²) in [6, 6.07) is 6.89. The highest BCUT2D eigenvalue weighted by molar-refractivity contribution is 9.10. The van der Waals surface area contributed by atoms with Crippen molar-refractivity contribution in [3.8, 4) is 0 Å². The maximum Gasteiger partial charge on any atom is 0.0613 e. The van der Waals surface area contributed by atoms with E-state index in [4.69, 9.17) is 5.73 Å². The van der Waals surface area contributed by atoms with Gasteiger partial charge in [-0.25, -0.2) is 0 Å². The molecule has 2 N–H and O–H groups in total. The summed E-state index contributed by atoms with van der Waals surface area (Å²) in [4.78, 5) is 2.49. The molecule has 3 rings (SSSR count). The van der Waals surface area contributed by atoms with Gasteiger partial charge in [0, 0.05) is 17.1 Å². The van der Waals surface area contributed by atoms with Gasteiger partial charge in [-0.15, -0.1) is 0 Å². The van der Waals surface area contributed by atoms with Gasteiger partial charge in [0.05, 0.1) is 11.4 Å². The lowest BCUT2D eigenvalue weighted by molar-refractivity contribution is 0.554. The van der Waals surface area contributed by atoms with Gasteiger partial charge >= 0.3 is 0 Å². The summed E-state index contributed by atoms with van der Waals surface area (Å²) < 4.78 is 1.12. The molecule has 2 unspecified atom stereocenters. The van der Waals surface area contributed by atoms with Gasteiger partial charge in [0.15, 0.2) is 0 Å². The fraction of sp³-hybridized carbons (Fsp3) is 0.500. The van der Waals surface area contributed by atoms with Crippen LogP contribution in [0.4, 0.5) is 11.4 Å². The van der Waals surface area contributed by atoms with Crippen LogP contribution in [0.3, 0.4) is 0 Å². The van der Waals surface area contributed by atoms with Crippen molar-refractivity contribution < 1.29 is 0 Å². The number of piperidine rings is 1. The van der Waals surface area contributed by atoms with E-state index in [0.717, 1.165) is 22.1 Å². The summed E-state index contributed by atoms with van der Waals surface area (Å²) in [6.07, 6.45) is 4.12. The van der Waals surface area contributed by atoms with E-state index in [0.29, 0.717) is 0 Å². The molecule has 2 bridgehead atoms. The van der Waals surface area contributed by atoms with Crippen molar-refractivity contribution in [3.05, 3.63) is 22.7 Å². The number of nitrogens with zero attached hydrogens (tertiary/aromatic N) is 1. The Hall–Kier alpha value is -0.700. The Balaban J connectivity index is 1.96. The Morgan fingerprint density at radius 1 is 1.33 bits per heavy atom. The van der Waals surface area contributed by atoms with Gasteiger partial charge in [-0.05, 0) is 43.4 Å². The van der Waals surface area contributed by atoms with Crippen LogP contribution in [0.2, 0.25) is 0 Å². The average molecular weight is 267 g/mol. The smallest absolute Gasteiger partial charge is 0.0613 e. The van der Waals surface area contributed by atoms with Crippen molar-refractivity contribution in [1.29, 1.82) is 0 Å². The van der Waals surface area contributed by atoms with E-state index in [-0.39, 0.29) is 0 Å². The quantitative estimate of drug-likeness (QED) is 0.792. The molecule has 1 aromatic carbocycles. The number of fused-ring (bicyclic) bond motifs is 2. The molecule has 0 amide bonds. The van der Waals surface area contributed by atoms with E-state index < -0.39 is 0 Å². The maximum absolute atomic E-state index is 6.04. The predicted octanol–water partition coefficient (Wildman–Crippen LogP) is 3.02. The monoisotopic (exact) mass is 266 g/mol. The molecule has 0 spiro atoms. The molecule has 1 aromatic rings. The van der Waals surface area contributed by atoms with Crippen molar-refractivity contribution in [2.24, 2.45) is 5.92 Å². The molecule has 2 aliphatic rings. The van der Waals surface area contributed by atoms with Gasteiger partial charge in [0.25, 0.3) is 0 Å². The van der Waals surface area contributed by atoms with Gasteiger partial charge in [-0.2, -0.15) is 0 Å². The van der Waals surface area contributed by atoms with Gasteiger partial charge in [-0.1, -0.05) is 15.9 Å². The SMILES string of the molecule is Nc1ccc(Br)cc1N1CC2CCC1C2. The largest absolute Gasteiger partial charge is 0.397 e. The molecule has 0 aromatic heterocycles. The lowest BCUT2D eigenvalue weighted by atomic mass is 10.1. The lowest BCUT2D eigenvalue weighted by Gasteiger charge is -2.30. The van der Waals surface area contributed by atoms with Crippen molar-refractivity contribution >= 4 is 27.3 Å². The summed E-state index contributed by atoms with van der Waals surface area (Å²) in [5.74, 6) is 0.911. The Kier molecular flexibility index (Phi) is 2.16. The third-order valence-corrected chi connectivity index (χ3v) is 4.20. The fourth-order valence-corrected chi connectivity index (χ4v) is 3.33. The second kappa shape index (κ2) is 3.41. The lowest BCUT2D eigenvalue weighted by Crippen LogP contribution is -2.32. The number of nitrogens with two attached hydrogens (primary N) is 1. The van der Waals surface area contributed by atoms with Crippen LogP contribution in [0.1, 0.15) is 19.3 Å². The number of hydrogen-bond donors (Lipinski definition) is 1. The van der Waals surface area contributed by atoms with E-state index in [1.165, 1.54) is 31.5 Å². The van der Waals surface area contributed by atoms with Crippen LogP contribution in [0, 0.1) is 5.92 Å². The first-order chi connectivity index (χ1) is 7.24. The van der Waals surface area contributed by atoms with E-state index >= 15 is 0 Å². The second-order valence-electron chi connectivity index (χ2n) is 4.69. The molecule has 1 aliphatic heterocycles. The van der Waals surface area contributed by atoms with Crippen LogP contribution in [-0.4, -0.2) is 12.6 Å². The zero-order valence-electron chi connectivity index (χ0n) is 8.62. The topological polar surface area (TPSA) is 29.3 Å². The maximum atomic E-state index is 6.04. The minimum atomic E-state index is 0.742. The molecule has 2 atom stereocenters. The molecular weight excluding hydrogens is 252 g/mol. The number of hydrogen-bond acceptors (Lipinski definition) is 2. The Morgan fingerprint density at radius 2 is 2.20 bits per heavy atom. The molecule has 1 saturated carbocycles. The fourth-order valence-electron chi connectivity index (χ4n) is 2.99. The minimum absolute atomic E-state index is 0.742. The Morgan fingerprint density at radius 3 is 2.87 bits per heavy atom. The standard InChI is InChI=1S/C12H15BrN2/c13-9-2-4-11(14)12(6-9)15-7-8-1-3-10(15)5-8/h2,4,6,8,10H,1,3,5,7,14H2. The first-order valence-electron chi connectivity index (χ1n) is 5.55. The van der Waals surface area contributed by atoms with Gasteiger partial charge < -0.3 is 10.6 Å². The number of benzene rings is 1. The molecule has 3 heteroatoms. The Bertz CT molecular complexity index is 391. The molecule has 2 fully saturated rings. The normalized spacial score (nSPS) is 28.7. The number of halogens is 1. The summed E-state index contributed by atoms with van der Waals surface area (Å²) in [7, 11) is 0. The molecular formula is C12H15BrN2. The van der Waals surface area contributed by atoms with Crippen molar-refractivity contribution in [2.75, 3.05) is 17.2 Å². The van der Waals surface area contributed by atoms with Crippen molar-refractivity contribution in [3.63, 3.8) is 0 Å². The zero-order chi connectivity index (χ0) is 10.4. The molecule has 2 nitrogen and oxygen atoms in total. The third-order valence-electron chi connectivity index (χ3n) is 3.71. The van der Waals surface area contributed by atoms with Crippen LogP contribution < -0.4 is 10.6 Å². The number of anilines is 2. The minimum Gasteiger partial charge on any atom is -0.397 e. The van der Waals surface area contributed by atoms with Crippen LogP contribution in [0.25, 0.3) is 0 Å². The summed E-state index contributed by atoms with van der Waals surface area (Å²) in [5, 5.41) is 0. The highest BCUT2D eigenvalue weighted by Gasteiger charge is 2.38. The average Bonchev–Trinajstić information content (AvgIpc) is 2.83. The van der Waals surface area contributed by atoms with Crippen LogP contribution in [-0.2, 0) is 0 Å². The van der Waals surface area contributed by atoms with Gasteiger partial charge in [0.2, 0.25) is 0 Å². The van der Waals surface area contributed by atoms with Crippen LogP contribution in [0.5, 0.6) is 0 Å². The van der Waals surface area contributed by atoms with Crippen LogP contribution >= 0.6 is 15.9 Å². The van der Waals surface area contributed by atoms with Crippen molar-refractivity contribution in [2.45, 2.75) is 25.3 Å². The molecule has 15 heavy (non-hydrogen) atoms. The summed E-state index contributed by atoms with van der Waals surface area (Å²) >= 11 is 3.51. The van der Waals surface area contributed by atoms with Crippen LogP contribution in [0.15, 0.2) is 22.7 Å². The van der Waals surface area contributed by atoms with E-state index in [2.05, 4.69) is 26.9 Å². The highest BCUT2D eigenvalue weighted by Crippen LogP contribution is 2.42. The van der Waals surface area contributed by atoms with Crippen molar-refractivity contribution in [1.82, 2.24) is 0 Å². The van der Waals surface area contributed by atoms with E-state index in [1.54, 1.807) is 0 Å². The zero-order valence-corrected chi connectivity index (χ0v) is 10.2. The summed E-state index contributed by atoms with van der Waals surface area (Å²) in [6.45, 7) is 1.20. The molecule has 1 aliphatic carbocycles. The summed E-state index contributed by atoms with van der Waals surface area (Å²) in [5.41, 5.74) is 8.17. The Labute approximate surface area is 98.6 Å². The molecule has 80 valence electrons. The first-order valence-corrected chi connectivity index (χ1v) is 6.35. The molecule has 1 saturated heterocycles. The molecule has 1 heterocycles.